The molecule has 0 atom stereocenters. The molecule has 3 aromatic heterocycles. The van der Waals surface area contributed by atoms with Gasteiger partial charge in [0.05, 0.1) is 23.3 Å². The van der Waals surface area contributed by atoms with Gasteiger partial charge in [-0.25, -0.2) is 14.5 Å². The van der Waals surface area contributed by atoms with E-state index in [-0.39, 0.29) is 5.97 Å². The number of carbonyl (C=O) groups excluding carboxylic acids is 1. The van der Waals surface area contributed by atoms with Crippen molar-refractivity contribution in [2.75, 3.05) is 13.2 Å². The van der Waals surface area contributed by atoms with E-state index < -0.39 is 0 Å². The van der Waals surface area contributed by atoms with Crippen molar-refractivity contribution in [1.82, 2.24) is 30.3 Å². The first kappa shape index (κ1) is 25.3. The molecule has 1 N–H and O–H groups in total. The minimum Gasteiger partial charge on any atom is -0.461 e. The first-order valence-corrected chi connectivity index (χ1v) is 13.2. The molecule has 0 saturated heterocycles. The summed E-state index contributed by atoms with van der Waals surface area (Å²) in [5.74, 6) is -0.307. The predicted molar refractivity (Wildman–Crippen MR) is 155 cm³/mol. The third-order valence-corrected chi connectivity index (χ3v) is 6.83. The Kier molecular flexibility index (Phi) is 7.24. The Balaban J connectivity index is 1.10. The van der Waals surface area contributed by atoms with Crippen LogP contribution >= 0.6 is 0 Å². The number of carbonyl (C=O) groups is 1. The second-order valence-electron chi connectivity index (χ2n) is 9.64. The number of esters is 1. The summed E-state index contributed by atoms with van der Waals surface area (Å²) in [5, 5.41) is 13.1. The molecule has 3 aromatic carbocycles. The number of hydrogen-bond acceptors (Lipinski definition) is 7. The second kappa shape index (κ2) is 11.4. The van der Waals surface area contributed by atoms with Crippen LogP contribution in [0.2, 0.25) is 0 Å². The van der Waals surface area contributed by atoms with E-state index in [4.69, 9.17) is 9.72 Å². The zero-order chi connectivity index (χ0) is 27.3. The van der Waals surface area contributed by atoms with Crippen molar-refractivity contribution in [2.24, 2.45) is 0 Å². The van der Waals surface area contributed by atoms with Gasteiger partial charge < -0.3 is 10.1 Å². The van der Waals surface area contributed by atoms with Crippen LogP contribution in [0, 0.1) is 6.92 Å². The topological polar surface area (TPSA) is 94.8 Å². The summed E-state index contributed by atoms with van der Waals surface area (Å²) in [6.07, 6.45) is 1.80. The molecule has 0 fully saturated rings. The maximum Gasteiger partial charge on any atom is 0.338 e. The Morgan fingerprint density at radius 2 is 1.80 bits per heavy atom. The molecule has 3 heterocycles. The molecular weight excluding hydrogens is 500 g/mol. The van der Waals surface area contributed by atoms with Crippen LogP contribution in [0.5, 0.6) is 0 Å². The summed E-state index contributed by atoms with van der Waals surface area (Å²) < 4.78 is 7.18. The number of nitrogens with one attached hydrogen (secondary N) is 1. The SMILES string of the molecule is Cc1cc(-c2ccc3nnn(Cc4ccc5ncccc5c4)c3n2)ccc1CNCCOC(=O)c1ccccc1. The van der Waals surface area contributed by atoms with E-state index in [1.54, 1.807) is 18.3 Å². The monoisotopic (exact) mass is 528 g/mol. The van der Waals surface area contributed by atoms with Crippen LogP contribution in [0.3, 0.4) is 0 Å². The number of ether oxygens (including phenoxy) is 1. The average molecular weight is 529 g/mol. The number of hydrogen-bond donors (Lipinski definition) is 1. The Hall–Kier alpha value is -4.95. The van der Waals surface area contributed by atoms with Crippen molar-refractivity contribution in [1.29, 1.82) is 0 Å². The molecule has 6 rings (SSSR count). The van der Waals surface area contributed by atoms with E-state index in [0.717, 1.165) is 44.5 Å². The average Bonchev–Trinajstić information content (AvgIpc) is 3.39. The third-order valence-electron chi connectivity index (χ3n) is 6.83. The molecule has 0 aliphatic rings. The van der Waals surface area contributed by atoms with E-state index in [9.17, 15) is 4.79 Å². The Morgan fingerprint density at radius 1 is 0.925 bits per heavy atom. The summed E-state index contributed by atoms with van der Waals surface area (Å²) in [5.41, 5.74) is 8.39. The highest BCUT2D eigenvalue weighted by molar-refractivity contribution is 5.89. The zero-order valence-corrected chi connectivity index (χ0v) is 22.1. The van der Waals surface area contributed by atoms with Gasteiger partial charge in [-0.2, -0.15) is 0 Å². The number of aryl methyl sites for hydroxylation is 1. The van der Waals surface area contributed by atoms with Gasteiger partial charge in [0.1, 0.15) is 12.1 Å². The van der Waals surface area contributed by atoms with Crippen LogP contribution in [0.25, 0.3) is 33.3 Å². The van der Waals surface area contributed by atoms with Gasteiger partial charge in [-0.15, -0.1) is 5.10 Å². The molecule has 8 nitrogen and oxygen atoms in total. The number of rotatable bonds is 9. The summed E-state index contributed by atoms with van der Waals surface area (Å²) in [4.78, 5) is 21.4. The van der Waals surface area contributed by atoms with Crippen molar-refractivity contribution in [3.63, 3.8) is 0 Å². The van der Waals surface area contributed by atoms with Gasteiger partial charge >= 0.3 is 5.97 Å². The molecule has 0 spiro atoms. The maximum atomic E-state index is 12.1. The van der Waals surface area contributed by atoms with E-state index in [0.29, 0.717) is 31.8 Å². The number of fused-ring (bicyclic) bond motifs is 2. The van der Waals surface area contributed by atoms with Crippen LogP contribution in [0.1, 0.15) is 27.0 Å². The van der Waals surface area contributed by atoms with Crippen LogP contribution in [0.4, 0.5) is 0 Å². The highest BCUT2D eigenvalue weighted by atomic mass is 16.5. The molecule has 6 aromatic rings. The van der Waals surface area contributed by atoms with E-state index >= 15 is 0 Å². The summed E-state index contributed by atoms with van der Waals surface area (Å²) >= 11 is 0. The minimum absolute atomic E-state index is 0.307. The molecule has 0 saturated carbocycles. The molecule has 8 heteroatoms. The number of aromatic nitrogens is 5. The lowest BCUT2D eigenvalue weighted by Crippen LogP contribution is -2.21. The Morgan fingerprint density at radius 3 is 2.67 bits per heavy atom. The highest BCUT2D eigenvalue weighted by Gasteiger charge is 2.11. The largest absolute Gasteiger partial charge is 0.461 e. The van der Waals surface area contributed by atoms with Crippen molar-refractivity contribution >= 4 is 28.0 Å². The third kappa shape index (κ3) is 5.57. The maximum absolute atomic E-state index is 12.1. The normalized spacial score (nSPS) is 11.2. The van der Waals surface area contributed by atoms with Crippen LogP contribution < -0.4 is 5.32 Å². The quantitative estimate of drug-likeness (QED) is 0.200. The highest BCUT2D eigenvalue weighted by Crippen LogP contribution is 2.23. The molecule has 0 unspecified atom stereocenters. The van der Waals surface area contributed by atoms with Crippen LogP contribution in [0.15, 0.2) is 97.2 Å². The summed E-state index contributed by atoms with van der Waals surface area (Å²) in [6.45, 7) is 4.23. The fourth-order valence-electron chi connectivity index (χ4n) is 4.67. The molecule has 40 heavy (non-hydrogen) atoms. The summed E-state index contributed by atoms with van der Waals surface area (Å²) in [6, 6.07) is 29.5. The van der Waals surface area contributed by atoms with E-state index in [2.05, 4.69) is 63.9 Å². The molecule has 0 aliphatic carbocycles. The zero-order valence-electron chi connectivity index (χ0n) is 22.1. The molecule has 0 radical (unpaired) electrons. The van der Waals surface area contributed by atoms with Gasteiger partial charge in [0.25, 0.3) is 0 Å². The second-order valence-corrected chi connectivity index (χ2v) is 9.64. The van der Waals surface area contributed by atoms with Crippen LogP contribution in [-0.4, -0.2) is 44.1 Å². The van der Waals surface area contributed by atoms with Crippen LogP contribution in [-0.2, 0) is 17.8 Å². The first-order chi connectivity index (χ1) is 19.6. The van der Waals surface area contributed by atoms with Gasteiger partial charge in [-0.05, 0) is 72.1 Å². The standard InChI is InChI=1S/C32H28N6O2/c1-22-18-26(10-11-27(22)20-33-16-17-40-32(39)24-6-3-2-4-7-24)29-13-14-30-31(35-29)38(37-36-30)21-23-9-12-28-25(19-23)8-5-15-34-28/h2-15,18-19,33H,16-17,20-21H2,1H3. The van der Waals surface area contributed by atoms with E-state index in [1.807, 2.05) is 47.1 Å². The molecule has 0 amide bonds. The number of benzene rings is 3. The predicted octanol–water partition coefficient (Wildman–Crippen LogP) is 5.34. The lowest BCUT2D eigenvalue weighted by Gasteiger charge is -2.11. The van der Waals surface area contributed by atoms with Crippen molar-refractivity contribution in [3.8, 4) is 11.3 Å². The first-order valence-electron chi connectivity index (χ1n) is 13.2. The molecule has 0 aliphatic heterocycles. The number of pyridine rings is 2. The van der Waals surface area contributed by atoms with E-state index in [1.165, 1.54) is 5.56 Å². The van der Waals surface area contributed by atoms with Gasteiger partial charge in [0.2, 0.25) is 0 Å². The van der Waals surface area contributed by atoms with Crippen molar-refractivity contribution in [2.45, 2.75) is 20.0 Å². The van der Waals surface area contributed by atoms with Crippen molar-refractivity contribution in [3.05, 3.63) is 119 Å². The van der Waals surface area contributed by atoms with Gasteiger partial charge in [-0.3, -0.25) is 4.98 Å². The Bertz CT molecular complexity index is 1800. The fourth-order valence-corrected chi connectivity index (χ4v) is 4.67. The fraction of sp³-hybridized carbons (Fsp3) is 0.156. The lowest BCUT2D eigenvalue weighted by molar-refractivity contribution is 0.0508. The molecule has 198 valence electrons. The Labute approximate surface area is 231 Å². The van der Waals surface area contributed by atoms with Crippen molar-refractivity contribution < 1.29 is 9.53 Å². The smallest absolute Gasteiger partial charge is 0.338 e. The lowest BCUT2D eigenvalue weighted by atomic mass is 10.0. The van der Waals surface area contributed by atoms with Gasteiger partial charge in [0.15, 0.2) is 5.65 Å². The van der Waals surface area contributed by atoms with Gasteiger partial charge in [-0.1, -0.05) is 47.7 Å². The molecule has 0 bridgehead atoms. The minimum atomic E-state index is -0.307. The molecular formula is C32H28N6O2. The van der Waals surface area contributed by atoms with Gasteiger partial charge in [0, 0.05) is 30.2 Å². The summed E-state index contributed by atoms with van der Waals surface area (Å²) in [7, 11) is 0. The number of nitrogens with zero attached hydrogens (tertiary/aromatic N) is 5.